The lowest BCUT2D eigenvalue weighted by atomic mass is 10.1. The van der Waals surface area contributed by atoms with Gasteiger partial charge in [-0.2, -0.15) is 0 Å². The van der Waals surface area contributed by atoms with Crippen molar-refractivity contribution in [3.05, 3.63) is 63.7 Å². The lowest BCUT2D eigenvalue weighted by Crippen LogP contribution is -2.01. The number of ether oxygens (including phenoxy) is 1. The monoisotopic (exact) mass is 275 g/mol. The zero-order valence-corrected chi connectivity index (χ0v) is 12.0. The molecule has 0 unspecified atom stereocenters. The highest BCUT2D eigenvalue weighted by atomic mass is 35.5. The Balaban J connectivity index is 2.07. The lowest BCUT2D eigenvalue weighted by molar-refractivity contribution is 0.305. The average Bonchev–Trinajstić information content (AvgIpc) is 2.41. The molecule has 3 heteroatoms. The summed E-state index contributed by atoms with van der Waals surface area (Å²) in [6, 6.07) is 11.9. The second-order valence-electron chi connectivity index (χ2n) is 4.66. The first-order chi connectivity index (χ1) is 9.10. The molecule has 0 aliphatic carbocycles. The highest BCUT2D eigenvalue weighted by molar-refractivity contribution is 6.31. The lowest BCUT2D eigenvalue weighted by Gasteiger charge is -2.11. The Morgan fingerprint density at radius 3 is 2.47 bits per heavy atom. The second kappa shape index (κ2) is 6.09. The fourth-order valence-corrected chi connectivity index (χ4v) is 2.03. The fourth-order valence-electron chi connectivity index (χ4n) is 1.91. The van der Waals surface area contributed by atoms with Gasteiger partial charge in [-0.1, -0.05) is 29.8 Å². The summed E-state index contributed by atoms with van der Waals surface area (Å²) in [7, 11) is 0. The van der Waals surface area contributed by atoms with Crippen LogP contribution >= 0.6 is 11.6 Å². The van der Waals surface area contributed by atoms with E-state index in [1.54, 1.807) is 0 Å². The molecule has 2 aromatic carbocycles. The smallest absolute Gasteiger partial charge is 0.120 e. The number of hydrogen-bond acceptors (Lipinski definition) is 2. The molecule has 100 valence electrons. The Morgan fingerprint density at radius 2 is 1.84 bits per heavy atom. The van der Waals surface area contributed by atoms with Gasteiger partial charge in [0.05, 0.1) is 0 Å². The van der Waals surface area contributed by atoms with Crippen molar-refractivity contribution >= 4 is 11.6 Å². The molecule has 0 atom stereocenters. The quantitative estimate of drug-likeness (QED) is 0.915. The molecule has 0 fully saturated rings. The minimum Gasteiger partial charge on any atom is -0.489 e. The normalized spacial score (nSPS) is 10.5. The maximum absolute atomic E-state index is 5.99. The van der Waals surface area contributed by atoms with E-state index in [-0.39, 0.29) is 0 Å². The summed E-state index contributed by atoms with van der Waals surface area (Å²) in [6.07, 6.45) is 0. The van der Waals surface area contributed by atoms with E-state index in [4.69, 9.17) is 22.1 Å². The number of benzene rings is 2. The molecule has 0 spiro atoms. The van der Waals surface area contributed by atoms with E-state index in [1.165, 1.54) is 11.1 Å². The van der Waals surface area contributed by atoms with Crippen LogP contribution in [-0.4, -0.2) is 0 Å². The van der Waals surface area contributed by atoms with Gasteiger partial charge in [0.25, 0.3) is 0 Å². The van der Waals surface area contributed by atoms with Gasteiger partial charge in [0.15, 0.2) is 0 Å². The summed E-state index contributed by atoms with van der Waals surface area (Å²) in [5.74, 6) is 0.837. The molecular formula is C16H18ClNO. The molecule has 0 saturated heterocycles. The van der Waals surface area contributed by atoms with Gasteiger partial charge in [0.2, 0.25) is 0 Å². The van der Waals surface area contributed by atoms with Gasteiger partial charge in [0.1, 0.15) is 12.4 Å². The van der Waals surface area contributed by atoms with E-state index in [0.29, 0.717) is 13.2 Å². The zero-order chi connectivity index (χ0) is 13.8. The molecule has 0 amide bonds. The van der Waals surface area contributed by atoms with Crippen molar-refractivity contribution < 1.29 is 4.74 Å². The molecule has 2 aromatic rings. The minimum atomic E-state index is 0.553. The van der Waals surface area contributed by atoms with Crippen molar-refractivity contribution in [3.8, 4) is 5.75 Å². The van der Waals surface area contributed by atoms with Crippen LogP contribution in [0.2, 0.25) is 5.02 Å². The van der Waals surface area contributed by atoms with Crippen molar-refractivity contribution in [2.24, 2.45) is 5.73 Å². The number of halogens is 1. The Labute approximate surface area is 119 Å². The Morgan fingerprint density at radius 1 is 1.05 bits per heavy atom. The number of hydrogen-bond donors (Lipinski definition) is 1. The topological polar surface area (TPSA) is 35.2 Å². The van der Waals surface area contributed by atoms with E-state index in [2.05, 4.69) is 19.1 Å². The summed E-state index contributed by atoms with van der Waals surface area (Å²) in [5.41, 5.74) is 10.2. The number of aryl methyl sites for hydroxylation is 2. The maximum Gasteiger partial charge on any atom is 0.120 e. The summed E-state index contributed by atoms with van der Waals surface area (Å²) in [6.45, 7) is 5.16. The zero-order valence-electron chi connectivity index (χ0n) is 11.2. The Kier molecular flexibility index (Phi) is 4.46. The molecule has 0 aliphatic heterocycles. The van der Waals surface area contributed by atoms with E-state index < -0.39 is 0 Å². The van der Waals surface area contributed by atoms with Crippen LogP contribution in [0.3, 0.4) is 0 Å². The van der Waals surface area contributed by atoms with Crippen LogP contribution in [-0.2, 0) is 13.2 Å². The van der Waals surface area contributed by atoms with Gasteiger partial charge in [-0.15, -0.1) is 0 Å². The molecule has 0 radical (unpaired) electrons. The molecule has 0 heterocycles. The van der Waals surface area contributed by atoms with Crippen molar-refractivity contribution in [2.45, 2.75) is 27.0 Å². The fraction of sp³-hybridized carbons (Fsp3) is 0.250. The maximum atomic E-state index is 5.99. The van der Waals surface area contributed by atoms with E-state index >= 15 is 0 Å². The minimum absolute atomic E-state index is 0.553. The van der Waals surface area contributed by atoms with Crippen LogP contribution in [0, 0.1) is 13.8 Å². The summed E-state index contributed by atoms with van der Waals surface area (Å²) in [4.78, 5) is 0. The van der Waals surface area contributed by atoms with Crippen molar-refractivity contribution in [3.63, 3.8) is 0 Å². The van der Waals surface area contributed by atoms with Crippen LogP contribution in [0.4, 0.5) is 0 Å². The van der Waals surface area contributed by atoms with Crippen molar-refractivity contribution in [1.82, 2.24) is 0 Å². The number of nitrogens with two attached hydrogens (primary N) is 1. The highest BCUT2D eigenvalue weighted by Gasteiger charge is 2.02. The summed E-state index contributed by atoms with van der Waals surface area (Å²) >= 11 is 5.99. The van der Waals surface area contributed by atoms with Gasteiger partial charge in [-0.05, 0) is 54.3 Å². The van der Waals surface area contributed by atoms with E-state index in [1.807, 2.05) is 31.2 Å². The first-order valence-electron chi connectivity index (χ1n) is 6.27. The van der Waals surface area contributed by atoms with Crippen molar-refractivity contribution in [1.29, 1.82) is 0 Å². The molecule has 0 bridgehead atoms. The Hall–Kier alpha value is -1.51. The average molecular weight is 276 g/mol. The number of rotatable bonds is 4. The third-order valence-electron chi connectivity index (χ3n) is 3.17. The molecule has 0 aromatic heterocycles. The van der Waals surface area contributed by atoms with Crippen LogP contribution in [0.1, 0.15) is 22.3 Å². The largest absolute Gasteiger partial charge is 0.489 e. The first kappa shape index (κ1) is 13.9. The van der Waals surface area contributed by atoms with Crippen LogP contribution < -0.4 is 10.5 Å². The summed E-state index contributed by atoms with van der Waals surface area (Å²) < 4.78 is 5.79. The second-order valence-corrected chi connectivity index (χ2v) is 5.07. The third-order valence-corrected chi connectivity index (χ3v) is 3.59. The van der Waals surface area contributed by atoms with Crippen LogP contribution in [0.5, 0.6) is 5.75 Å². The molecule has 2 rings (SSSR count). The van der Waals surface area contributed by atoms with Gasteiger partial charge >= 0.3 is 0 Å². The predicted molar refractivity (Wildman–Crippen MR) is 79.6 cm³/mol. The standard InChI is InChI=1S/C16H18ClNO/c1-11-7-13(9-18)3-4-14(11)10-19-15-5-6-16(17)12(2)8-15/h3-8H,9-10,18H2,1-2H3. The molecule has 19 heavy (non-hydrogen) atoms. The third kappa shape index (κ3) is 3.49. The van der Waals surface area contributed by atoms with E-state index in [0.717, 1.165) is 21.9 Å². The van der Waals surface area contributed by atoms with Crippen LogP contribution in [0.15, 0.2) is 36.4 Å². The molecule has 0 saturated carbocycles. The van der Waals surface area contributed by atoms with Crippen LogP contribution in [0.25, 0.3) is 0 Å². The van der Waals surface area contributed by atoms with Gasteiger partial charge in [-0.3, -0.25) is 0 Å². The SMILES string of the molecule is Cc1cc(OCc2ccc(CN)cc2C)ccc1Cl. The van der Waals surface area contributed by atoms with E-state index in [9.17, 15) is 0 Å². The molecule has 2 N–H and O–H groups in total. The van der Waals surface area contributed by atoms with Gasteiger partial charge < -0.3 is 10.5 Å². The Bertz CT molecular complexity index is 581. The van der Waals surface area contributed by atoms with Gasteiger partial charge in [-0.25, -0.2) is 0 Å². The predicted octanol–water partition coefficient (Wildman–Crippen LogP) is 3.99. The van der Waals surface area contributed by atoms with Gasteiger partial charge in [0, 0.05) is 11.6 Å². The molecule has 2 nitrogen and oxygen atoms in total. The first-order valence-corrected chi connectivity index (χ1v) is 6.65. The summed E-state index contributed by atoms with van der Waals surface area (Å²) in [5, 5.41) is 0.760. The highest BCUT2D eigenvalue weighted by Crippen LogP contribution is 2.22. The molecular weight excluding hydrogens is 258 g/mol. The molecule has 0 aliphatic rings. The van der Waals surface area contributed by atoms with Crippen molar-refractivity contribution in [2.75, 3.05) is 0 Å².